The van der Waals surface area contributed by atoms with Crippen molar-refractivity contribution in [2.24, 2.45) is 0 Å². The Hall–Kier alpha value is -2.65. The van der Waals surface area contributed by atoms with Gasteiger partial charge in [0, 0.05) is 12.4 Å². The summed E-state index contributed by atoms with van der Waals surface area (Å²) in [5, 5.41) is 5.63. The molecule has 0 radical (unpaired) electrons. The highest BCUT2D eigenvalue weighted by molar-refractivity contribution is 5.98. The minimum Gasteiger partial charge on any atom is -0.452 e. The predicted octanol–water partition coefficient (Wildman–Crippen LogP) is 0.873. The smallest absolute Gasteiger partial charge is 0.405 e. The van der Waals surface area contributed by atoms with E-state index < -0.39 is 31.2 Å². The number of aromatic nitrogens is 3. The zero-order valence-electron chi connectivity index (χ0n) is 11.3. The highest BCUT2D eigenvalue weighted by Crippen LogP contribution is 2.14. The average molecular weight is 316 g/mol. The number of amides is 1. The number of nitrogens with one attached hydrogen (secondary N) is 1. The molecule has 0 spiro atoms. The van der Waals surface area contributed by atoms with Gasteiger partial charge in [-0.2, -0.15) is 18.3 Å². The molecule has 2 rings (SSSR count). The van der Waals surface area contributed by atoms with Crippen LogP contribution in [-0.4, -0.2) is 45.8 Å². The molecule has 22 heavy (non-hydrogen) atoms. The van der Waals surface area contributed by atoms with Crippen LogP contribution in [0.15, 0.2) is 18.5 Å². The molecule has 2 heterocycles. The molecule has 0 bridgehead atoms. The highest BCUT2D eigenvalue weighted by atomic mass is 19.4. The number of carbonyl (C=O) groups excluding carboxylic acids is 2. The first kappa shape index (κ1) is 15.7. The summed E-state index contributed by atoms with van der Waals surface area (Å²) in [6, 6.07) is 1.61. The lowest BCUT2D eigenvalue weighted by Gasteiger charge is -2.08. The molecule has 118 valence electrons. The molecule has 2 aromatic heterocycles. The van der Waals surface area contributed by atoms with Crippen LogP contribution in [-0.2, 0) is 9.53 Å². The third-order valence-electron chi connectivity index (χ3n) is 2.59. The number of esters is 1. The highest BCUT2D eigenvalue weighted by Gasteiger charge is 2.28. The van der Waals surface area contributed by atoms with Gasteiger partial charge in [-0.1, -0.05) is 0 Å². The Labute approximate surface area is 122 Å². The molecule has 1 N–H and O–H groups in total. The average Bonchev–Trinajstić information content (AvgIpc) is 2.77. The summed E-state index contributed by atoms with van der Waals surface area (Å²) in [4.78, 5) is 27.1. The van der Waals surface area contributed by atoms with E-state index in [1.54, 1.807) is 24.5 Å². The number of ether oxygens (including phenoxy) is 1. The summed E-state index contributed by atoms with van der Waals surface area (Å²) in [7, 11) is 0. The van der Waals surface area contributed by atoms with Gasteiger partial charge in [-0.25, -0.2) is 14.3 Å². The monoisotopic (exact) mass is 316 g/mol. The number of halogens is 3. The van der Waals surface area contributed by atoms with Gasteiger partial charge in [-0.05, 0) is 13.0 Å². The summed E-state index contributed by atoms with van der Waals surface area (Å²) >= 11 is 0. The van der Waals surface area contributed by atoms with Crippen LogP contribution < -0.4 is 5.32 Å². The Morgan fingerprint density at radius 3 is 2.82 bits per heavy atom. The van der Waals surface area contributed by atoms with E-state index in [0.717, 1.165) is 0 Å². The molecule has 0 saturated heterocycles. The minimum atomic E-state index is -4.53. The van der Waals surface area contributed by atoms with E-state index in [9.17, 15) is 22.8 Å². The number of hydrogen-bond acceptors (Lipinski definition) is 5. The van der Waals surface area contributed by atoms with E-state index in [0.29, 0.717) is 5.69 Å². The van der Waals surface area contributed by atoms with Crippen molar-refractivity contribution in [2.75, 3.05) is 13.2 Å². The lowest BCUT2D eigenvalue weighted by molar-refractivity contribution is -0.140. The molecule has 0 aromatic carbocycles. The fourth-order valence-electron chi connectivity index (χ4n) is 1.69. The Balaban J connectivity index is 2.00. The largest absolute Gasteiger partial charge is 0.452 e. The number of carbonyl (C=O) groups is 2. The maximum absolute atomic E-state index is 11.9. The van der Waals surface area contributed by atoms with Crippen LogP contribution in [0.5, 0.6) is 0 Å². The van der Waals surface area contributed by atoms with Crippen LogP contribution in [0.4, 0.5) is 13.2 Å². The minimum absolute atomic E-state index is 0.0595. The lowest BCUT2D eigenvalue weighted by atomic mass is 10.2. The van der Waals surface area contributed by atoms with Crippen LogP contribution in [0.2, 0.25) is 0 Å². The zero-order valence-corrected chi connectivity index (χ0v) is 11.3. The summed E-state index contributed by atoms with van der Waals surface area (Å²) < 4.78 is 41.8. The van der Waals surface area contributed by atoms with Crippen molar-refractivity contribution in [1.82, 2.24) is 19.9 Å². The van der Waals surface area contributed by atoms with Crippen molar-refractivity contribution in [3.8, 4) is 0 Å². The van der Waals surface area contributed by atoms with Gasteiger partial charge in [0.2, 0.25) is 0 Å². The SMILES string of the molecule is Cc1nn2cccnc2c1C(=O)OCC(=O)NCC(F)(F)F. The molecule has 0 aliphatic carbocycles. The van der Waals surface area contributed by atoms with Crippen LogP contribution >= 0.6 is 0 Å². The number of hydrogen-bond donors (Lipinski definition) is 1. The standard InChI is InChI=1S/C12H11F3N4O3/c1-7-9(10-16-3-2-4-19(10)18-7)11(21)22-5-8(20)17-6-12(13,14)15/h2-4H,5-6H2,1H3,(H,17,20). The zero-order chi connectivity index (χ0) is 16.3. The molecule has 1 amide bonds. The molecule has 0 unspecified atom stereocenters. The first-order valence-electron chi connectivity index (χ1n) is 6.08. The molecule has 0 atom stereocenters. The number of nitrogens with zero attached hydrogens (tertiary/aromatic N) is 3. The predicted molar refractivity (Wildman–Crippen MR) is 67.1 cm³/mol. The van der Waals surface area contributed by atoms with Gasteiger partial charge in [0.1, 0.15) is 12.1 Å². The van der Waals surface area contributed by atoms with Gasteiger partial charge < -0.3 is 10.1 Å². The second-order valence-corrected chi connectivity index (χ2v) is 4.32. The molecular formula is C12H11F3N4O3. The maximum atomic E-state index is 11.9. The van der Waals surface area contributed by atoms with Crippen LogP contribution in [0, 0.1) is 6.92 Å². The second kappa shape index (κ2) is 6.00. The summed E-state index contributed by atoms with van der Waals surface area (Å²) in [5.41, 5.74) is 0.629. The van der Waals surface area contributed by atoms with Crippen LogP contribution in [0.3, 0.4) is 0 Å². The van der Waals surface area contributed by atoms with Crippen molar-refractivity contribution in [2.45, 2.75) is 13.1 Å². The Morgan fingerprint density at radius 1 is 1.41 bits per heavy atom. The third kappa shape index (κ3) is 3.71. The molecule has 7 nitrogen and oxygen atoms in total. The topological polar surface area (TPSA) is 85.6 Å². The Bertz CT molecular complexity index is 711. The van der Waals surface area contributed by atoms with Gasteiger partial charge in [0.15, 0.2) is 12.3 Å². The Morgan fingerprint density at radius 2 is 2.14 bits per heavy atom. The van der Waals surface area contributed by atoms with Gasteiger partial charge >= 0.3 is 12.1 Å². The molecule has 0 fully saturated rings. The van der Waals surface area contributed by atoms with Crippen LogP contribution in [0.1, 0.15) is 16.1 Å². The quantitative estimate of drug-likeness (QED) is 0.846. The number of rotatable bonds is 4. The summed E-state index contributed by atoms with van der Waals surface area (Å²) in [6.07, 6.45) is -1.51. The number of aryl methyl sites for hydroxylation is 1. The van der Waals surface area contributed by atoms with Crippen molar-refractivity contribution in [3.05, 3.63) is 29.7 Å². The summed E-state index contributed by atoms with van der Waals surface area (Å²) in [5.74, 6) is -1.93. The second-order valence-electron chi connectivity index (χ2n) is 4.32. The molecular weight excluding hydrogens is 305 g/mol. The fourth-order valence-corrected chi connectivity index (χ4v) is 1.69. The number of fused-ring (bicyclic) bond motifs is 1. The molecule has 10 heteroatoms. The maximum Gasteiger partial charge on any atom is 0.405 e. The van der Waals surface area contributed by atoms with E-state index in [1.807, 2.05) is 0 Å². The van der Waals surface area contributed by atoms with Crippen molar-refractivity contribution < 1.29 is 27.5 Å². The molecule has 2 aromatic rings. The van der Waals surface area contributed by atoms with E-state index >= 15 is 0 Å². The molecule has 0 saturated carbocycles. The van der Waals surface area contributed by atoms with Crippen molar-refractivity contribution >= 4 is 17.5 Å². The normalized spacial score (nSPS) is 11.5. The molecule has 0 aliphatic heterocycles. The van der Waals surface area contributed by atoms with Crippen molar-refractivity contribution in [1.29, 1.82) is 0 Å². The number of alkyl halides is 3. The first-order chi connectivity index (χ1) is 10.3. The van der Waals surface area contributed by atoms with Gasteiger partial charge in [0.05, 0.1) is 5.69 Å². The van der Waals surface area contributed by atoms with Crippen LogP contribution in [0.25, 0.3) is 5.65 Å². The van der Waals surface area contributed by atoms with E-state index in [2.05, 4.69) is 10.1 Å². The molecule has 0 aliphatic rings. The third-order valence-corrected chi connectivity index (χ3v) is 2.59. The van der Waals surface area contributed by atoms with Crippen molar-refractivity contribution in [3.63, 3.8) is 0 Å². The van der Waals surface area contributed by atoms with E-state index in [-0.39, 0.29) is 11.2 Å². The first-order valence-corrected chi connectivity index (χ1v) is 6.08. The van der Waals surface area contributed by atoms with E-state index in [4.69, 9.17) is 4.74 Å². The van der Waals surface area contributed by atoms with Gasteiger partial charge in [-0.3, -0.25) is 4.79 Å². The van der Waals surface area contributed by atoms with Gasteiger partial charge in [-0.15, -0.1) is 0 Å². The van der Waals surface area contributed by atoms with E-state index in [1.165, 1.54) is 10.7 Å². The fraction of sp³-hybridized carbons (Fsp3) is 0.333. The lowest BCUT2D eigenvalue weighted by Crippen LogP contribution is -2.36. The van der Waals surface area contributed by atoms with Gasteiger partial charge in [0.25, 0.3) is 5.91 Å². The Kier molecular flexibility index (Phi) is 4.29. The summed E-state index contributed by atoms with van der Waals surface area (Å²) in [6.45, 7) is -0.756.